The van der Waals surface area contributed by atoms with E-state index in [0.717, 1.165) is 13.1 Å². The molecule has 0 saturated heterocycles. The van der Waals surface area contributed by atoms with Crippen molar-refractivity contribution in [3.05, 3.63) is 18.7 Å². The zero-order valence-electron chi connectivity index (χ0n) is 10.3. The number of aryl methyl sites for hydroxylation is 1. The van der Waals surface area contributed by atoms with Gasteiger partial charge in [0.25, 0.3) is 0 Å². The summed E-state index contributed by atoms with van der Waals surface area (Å²) in [6, 6.07) is 1.25. The molecule has 0 aromatic carbocycles. The van der Waals surface area contributed by atoms with Crippen LogP contribution >= 0.6 is 0 Å². The molecule has 0 unspecified atom stereocenters. The zero-order valence-corrected chi connectivity index (χ0v) is 10.3. The summed E-state index contributed by atoms with van der Waals surface area (Å²) in [4.78, 5) is 6.43. The van der Waals surface area contributed by atoms with Gasteiger partial charge in [-0.05, 0) is 34.1 Å². The minimum absolute atomic E-state index is 0.624. The number of rotatable bonds is 6. The van der Waals surface area contributed by atoms with Crippen molar-refractivity contribution >= 4 is 0 Å². The molecule has 0 aliphatic heterocycles. The highest BCUT2D eigenvalue weighted by Crippen LogP contribution is 2.06. The van der Waals surface area contributed by atoms with E-state index < -0.39 is 0 Å². The molecule has 0 atom stereocenters. The number of aromatic nitrogens is 2. The molecular formula is C12H22N3. The molecule has 1 heterocycles. The van der Waals surface area contributed by atoms with Gasteiger partial charge in [-0.3, -0.25) is 4.90 Å². The van der Waals surface area contributed by atoms with E-state index in [2.05, 4.69) is 48.3 Å². The van der Waals surface area contributed by atoms with Gasteiger partial charge in [-0.2, -0.15) is 0 Å². The highest BCUT2D eigenvalue weighted by molar-refractivity contribution is 4.73. The van der Waals surface area contributed by atoms with Crippen LogP contribution in [0.2, 0.25) is 0 Å². The summed E-state index contributed by atoms with van der Waals surface area (Å²) in [6.45, 7) is 11.2. The lowest BCUT2D eigenvalue weighted by molar-refractivity contribution is 0.170. The van der Waals surface area contributed by atoms with E-state index in [-0.39, 0.29) is 0 Å². The molecule has 0 aliphatic carbocycles. The second-order valence-electron chi connectivity index (χ2n) is 4.52. The van der Waals surface area contributed by atoms with Crippen molar-refractivity contribution < 1.29 is 0 Å². The Bertz CT molecular complexity index is 244. The molecule has 0 N–H and O–H groups in total. The van der Waals surface area contributed by atoms with Gasteiger partial charge < -0.3 is 4.57 Å². The largest absolute Gasteiger partial charge is 0.337 e. The maximum absolute atomic E-state index is 3.91. The van der Waals surface area contributed by atoms with Gasteiger partial charge in [-0.25, -0.2) is 4.98 Å². The van der Waals surface area contributed by atoms with Crippen LogP contribution in [0.4, 0.5) is 0 Å². The first-order valence-corrected chi connectivity index (χ1v) is 5.75. The lowest BCUT2D eigenvalue weighted by Gasteiger charge is -2.30. The van der Waals surface area contributed by atoms with Gasteiger partial charge in [0.15, 0.2) is 0 Å². The predicted octanol–water partition coefficient (Wildman–Crippen LogP) is 2.19. The highest BCUT2D eigenvalue weighted by Gasteiger charge is 2.12. The molecule has 3 nitrogen and oxygen atoms in total. The van der Waals surface area contributed by atoms with Crippen LogP contribution in [0.3, 0.4) is 0 Å². The summed E-state index contributed by atoms with van der Waals surface area (Å²) < 4.78 is 2.08. The molecule has 0 saturated carbocycles. The second kappa shape index (κ2) is 5.91. The average Bonchev–Trinajstić information content (AvgIpc) is 2.63. The summed E-state index contributed by atoms with van der Waals surface area (Å²) in [5.74, 6) is 0. The first-order valence-electron chi connectivity index (χ1n) is 5.75. The third-order valence-corrected chi connectivity index (χ3v) is 2.66. The van der Waals surface area contributed by atoms with Gasteiger partial charge in [0.1, 0.15) is 6.20 Å². The van der Waals surface area contributed by atoms with Crippen molar-refractivity contribution in [1.82, 2.24) is 14.5 Å². The SMILES string of the molecule is CC(C)N(CCCn1c[c]nc1)C(C)C. The van der Waals surface area contributed by atoms with E-state index in [9.17, 15) is 0 Å². The number of imidazole rings is 1. The van der Waals surface area contributed by atoms with E-state index in [0.29, 0.717) is 12.1 Å². The van der Waals surface area contributed by atoms with E-state index >= 15 is 0 Å². The molecule has 3 heteroatoms. The number of hydrogen-bond acceptors (Lipinski definition) is 2. The lowest BCUT2D eigenvalue weighted by atomic mass is 10.2. The van der Waals surface area contributed by atoms with Crippen LogP contribution in [-0.2, 0) is 6.54 Å². The van der Waals surface area contributed by atoms with Gasteiger partial charge in [0, 0.05) is 31.4 Å². The van der Waals surface area contributed by atoms with Gasteiger partial charge in [-0.15, -0.1) is 0 Å². The van der Waals surface area contributed by atoms with Crippen molar-refractivity contribution in [3.63, 3.8) is 0 Å². The molecule has 1 aromatic rings. The monoisotopic (exact) mass is 208 g/mol. The van der Waals surface area contributed by atoms with Crippen molar-refractivity contribution in [2.75, 3.05) is 6.54 Å². The minimum atomic E-state index is 0.624. The average molecular weight is 208 g/mol. The fourth-order valence-corrected chi connectivity index (χ4v) is 1.92. The number of hydrogen-bond donors (Lipinski definition) is 0. The topological polar surface area (TPSA) is 21.1 Å². The Kier molecular flexibility index (Phi) is 4.82. The summed E-state index contributed by atoms with van der Waals surface area (Å²) in [7, 11) is 0. The molecule has 0 fully saturated rings. The molecule has 0 aliphatic rings. The van der Waals surface area contributed by atoms with E-state index in [1.165, 1.54) is 6.42 Å². The van der Waals surface area contributed by atoms with Crippen LogP contribution in [0, 0.1) is 6.20 Å². The predicted molar refractivity (Wildman–Crippen MR) is 62.7 cm³/mol. The standard InChI is InChI=1S/C12H22N3/c1-11(2)15(12(3)4)8-5-7-14-9-6-13-10-14/h9-12H,5,7-8H2,1-4H3. The Morgan fingerprint density at radius 3 is 2.40 bits per heavy atom. The maximum Gasteiger partial charge on any atom is 0.108 e. The van der Waals surface area contributed by atoms with Gasteiger partial charge >= 0.3 is 0 Å². The smallest absolute Gasteiger partial charge is 0.108 e. The third-order valence-electron chi connectivity index (χ3n) is 2.66. The summed E-state index contributed by atoms with van der Waals surface area (Å²) in [5.41, 5.74) is 0. The van der Waals surface area contributed by atoms with Crippen LogP contribution in [-0.4, -0.2) is 33.1 Å². The van der Waals surface area contributed by atoms with E-state index in [1.807, 2.05) is 12.5 Å². The Balaban J connectivity index is 2.28. The fourth-order valence-electron chi connectivity index (χ4n) is 1.92. The summed E-state index contributed by atoms with van der Waals surface area (Å²) >= 11 is 0. The van der Waals surface area contributed by atoms with Crippen molar-refractivity contribution in [2.24, 2.45) is 0 Å². The minimum Gasteiger partial charge on any atom is -0.337 e. The van der Waals surface area contributed by atoms with E-state index in [4.69, 9.17) is 0 Å². The lowest BCUT2D eigenvalue weighted by Crippen LogP contribution is -2.38. The van der Waals surface area contributed by atoms with Crippen LogP contribution < -0.4 is 0 Å². The summed E-state index contributed by atoms with van der Waals surface area (Å²) in [6.07, 6.45) is 7.71. The van der Waals surface area contributed by atoms with Crippen LogP contribution in [0.1, 0.15) is 34.1 Å². The van der Waals surface area contributed by atoms with Crippen LogP contribution in [0.15, 0.2) is 12.5 Å². The Hall–Kier alpha value is -0.830. The highest BCUT2D eigenvalue weighted by atomic mass is 15.2. The van der Waals surface area contributed by atoms with Gasteiger partial charge in [-0.1, -0.05) is 0 Å². The van der Waals surface area contributed by atoms with Crippen LogP contribution in [0.25, 0.3) is 0 Å². The molecule has 85 valence electrons. The molecular weight excluding hydrogens is 186 g/mol. The van der Waals surface area contributed by atoms with Crippen LogP contribution in [0.5, 0.6) is 0 Å². The molecule has 1 radical (unpaired) electrons. The Morgan fingerprint density at radius 2 is 1.93 bits per heavy atom. The zero-order chi connectivity index (χ0) is 11.3. The molecule has 0 spiro atoms. The van der Waals surface area contributed by atoms with Gasteiger partial charge in [0.2, 0.25) is 0 Å². The quantitative estimate of drug-likeness (QED) is 0.714. The second-order valence-corrected chi connectivity index (χ2v) is 4.52. The molecule has 1 rings (SSSR count). The molecule has 0 bridgehead atoms. The molecule has 0 amide bonds. The van der Waals surface area contributed by atoms with Crippen molar-refractivity contribution in [1.29, 1.82) is 0 Å². The number of nitrogens with zero attached hydrogens (tertiary/aromatic N) is 3. The maximum atomic E-state index is 3.91. The Morgan fingerprint density at radius 1 is 1.27 bits per heavy atom. The van der Waals surface area contributed by atoms with Gasteiger partial charge in [0.05, 0.1) is 6.33 Å². The third kappa shape index (κ3) is 4.04. The normalized spacial score (nSPS) is 11.9. The Labute approximate surface area is 93.1 Å². The molecule has 15 heavy (non-hydrogen) atoms. The van der Waals surface area contributed by atoms with E-state index in [1.54, 1.807) is 0 Å². The van der Waals surface area contributed by atoms with Crippen molar-refractivity contribution in [3.8, 4) is 0 Å². The molecule has 1 aromatic heterocycles. The summed E-state index contributed by atoms with van der Waals surface area (Å²) in [5, 5.41) is 0. The first-order chi connectivity index (χ1) is 7.11. The first kappa shape index (κ1) is 12.2. The fraction of sp³-hybridized carbons (Fsp3) is 0.750. The van der Waals surface area contributed by atoms with Crippen molar-refractivity contribution in [2.45, 2.75) is 52.7 Å².